The van der Waals surface area contributed by atoms with Crippen molar-refractivity contribution in [2.45, 2.75) is 39.0 Å². The molecule has 2 heterocycles. The third-order valence-electron chi connectivity index (χ3n) is 5.11. The number of hydrogen-bond acceptors (Lipinski definition) is 3. The highest BCUT2D eigenvalue weighted by atomic mass is 16.2. The van der Waals surface area contributed by atoms with Crippen LogP contribution in [0.1, 0.15) is 39.0 Å². The van der Waals surface area contributed by atoms with Gasteiger partial charge >= 0.3 is 0 Å². The Hall–Kier alpha value is -1.36. The maximum absolute atomic E-state index is 12.3. The summed E-state index contributed by atoms with van der Waals surface area (Å²) >= 11 is 0. The Morgan fingerprint density at radius 1 is 1.30 bits per heavy atom. The molecule has 2 saturated heterocycles. The predicted molar refractivity (Wildman–Crippen MR) is 92.0 cm³/mol. The Morgan fingerprint density at radius 3 is 2.78 bits per heavy atom. The van der Waals surface area contributed by atoms with E-state index >= 15 is 0 Å². The molecule has 2 rings (SSSR count). The number of rotatable bonds is 5. The quantitative estimate of drug-likeness (QED) is 0.725. The van der Waals surface area contributed by atoms with Crippen molar-refractivity contribution in [1.29, 1.82) is 0 Å². The molecule has 1 spiro atoms. The fourth-order valence-electron chi connectivity index (χ4n) is 3.73. The fraction of sp³-hybridized carbons (Fsp3) is 0.778. The molecular weight excluding hydrogens is 290 g/mol. The number of hydrogen-bond donors (Lipinski definition) is 0. The molecule has 0 radical (unpaired) electrons. The second kappa shape index (κ2) is 7.95. The van der Waals surface area contributed by atoms with Crippen LogP contribution in [-0.4, -0.2) is 73.3 Å². The van der Waals surface area contributed by atoms with Crippen LogP contribution in [0, 0.1) is 5.41 Å². The number of allylic oxidation sites excluding steroid dienone is 1. The highest BCUT2D eigenvalue weighted by molar-refractivity contribution is 5.78. The van der Waals surface area contributed by atoms with Crippen molar-refractivity contribution < 1.29 is 9.59 Å². The Balaban J connectivity index is 1.99. The van der Waals surface area contributed by atoms with E-state index in [0.717, 1.165) is 52.0 Å². The SMILES string of the molecule is C/C=C/CC(=O)N1CCC[C@@]2(CCC(=O)N(CCN(C)C)C2)C1. The fourth-order valence-corrected chi connectivity index (χ4v) is 3.73. The summed E-state index contributed by atoms with van der Waals surface area (Å²) in [6.45, 7) is 6.12. The molecule has 0 bridgehead atoms. The average molecular weight is 321 g/mol. The maximum Gasteiger partial charge on any atom is 0.226 e. The summed E-state index contributed by atoms with van der Waals surface area (Å²) in [6.07, 6.45) is 8.10. The van der Waals surface area contributed by atoms with E-state index in [9.17, 15) is 9.59 Å². The number of likely N-dealkylation sites (N-methyl/N-ethyl adjacent to an activating group) is 1. The zero-order chi connectivity index (χ0) is 16.9. The van der Waals surface area contributed by atoms with Crippen LogP contribution in [0.15, 0.2) is 12.2 Å². The van der Waals surface area contributed by atoms with Crippen molar-refractivity contribution in [3.63, 3.8) is 0 Å². The first-order valence-corrected chi connectivity index (χ1v) is 8.77. The Morgan fingerprint density at radius 2 is 2.09 bits per heavy atom. The largest absolute Gasteiger partial charge is 0.342 e. The minimum atomic E-state index is 0.115. The molecule has 0 aromatic rings. The van der Waals surface area contributed by atoms with Crippen LogP contribution in [0.3, 0.4) is 0 Å². The Bertz CT molecular complexity index is 461. The molecule has 5 nitrogen and oxygen atoms in total. The number of likely N-dealkylation sites (tertiary alicyclic amines) is 2. The first-order valence-electron chi connectivity index (χ1n) is 8.77. The maximum atomic E-state index is 12.3. The number of carbonyl (C=O) groups is 2. The van der Waals surface area contributed by atoms with Crippen molar-refractivity contribution in [3.05, 3.63) is 12.2 Å². The van der Waals surface area contributed by atoms with E-state index in [1.165, 1.54) is 0 Å². The highest BCUT2D eigenvalue weighted by Crippen LogP contribution is 2.39. The van der Waals surface area contributed by atoms with Gasteiger partial charge in [0.25, 0.3) is 0 Å². The normalized spacial score (nSPS) is 25.8. The minimum absolute atomic E-state index is 0.115. The average Bonchev–Trinajstić information content (AvgIpc) is 2.54. The van der Waals surface area contributed by atoms with Crippen LogP contribution in [0.2, 0.25) is 0 Å². The zero-order valence-electron chi connectivity index (χ0n) is 14.9. The van der Waals surface area contributed by atoms with Gasteiger partial charge in [0.05, 0.1) is 0 Å². The zero-order valence-corrected chi connectivity index (χ0v) is 14.9. The molecule has 0 N–H and O–H groups in total. The molecule has 0 aromatic heterocycles. The lowest BCUT2D eigenvalue weighted by Gasteiger charge is -2.48. The molecule has 2 aliphatic rings. The molecular formula is C18H31N3O2. The third kappa shape index (κ3) is 4.80. The molecule has 0 aliphatic carbocycles. The monoisotopic (exact) mass is 321 g/mol. The molecule has 0 unspecified atom stereocenters. The number of carbonyl (C=O) groups excluding carboxylic acids is 2. The van der Waals surface area contributed by atoms with Gasteiger partial charge in [-0.2, -0.15) is 0 Å². The van der Waals surface area contributed by atoms with E-state index in [4.69, 9.17) is 0 Å². The van der Waals surface area contributed by atoms with Crippen LogP contribution in [-0.2, 0) is 9.59 Å². The smallest absolute Gasteiger partial charge is 0.226 e. The Labute approximate surface area is 140 Å². The molecule has 130 valence electrons. The number of piperidine rings is 2. The topological polar surface area (TPSA) is 43.9 Å². The van der Waals surface area contributed by atoms with E-state index in [1.54, 1.807) is 0 Å². The lowest BCUT2D eigenvalue weighted by atomic mass is 9.73. The summed E-state index contributed by atoms with van der Waals surface area (Å²) < 4.78 is 0. The van der Waals surface area contributed by atoms with Crippen molar-refractivity contribution in [2.24, 2.45) is 5.41 Å². The van der Waals surface area contributed by atoms with Gasteiger partial charge in [-0.15, -0.1) is 0 Å². The number of nitrogens with zero attached hydrogens (tertiary/aromatic N) is 3. The Kier molecular flexibility index (Phi) is 6.22. The van der Waals surface area contributed by atoms with Gasteiger partial charge in [0.1, 0.15) is 0 Å². The summed E-state index contributed by atoms with van der Waals surface area (Å²) in [5.74, 6) is 0.494. The molecule has 23 heavy (non-hydrogen) atoms. The molecule has 5 heteroatoms. The van der Waals surface area contributed by atoms with E-state index < -0.39 is 0 Å². The molecule has 1 atom stereocenters. The van der Waals surface area contributed by atoms with Gasteiger partial charge in [-0.05, 0) is 40.3 Å². The highest BCUT2D eigenvalue weighted by Gasteiger charge is 2.42. The van der Waals surface area contributed by atoms with E-state index in [1.807, 2.05) is 43.0 Å². The van der Waals surface area contributed by atoms with Crippen LogP contribution in [0.4, 0.5) is 0 Å². The van der Waals surface area contributed by atoms with Gasteiger partial charge in [0, 0.05) is 51.0 Å². The van der Waals surface area contributed by atoms with Gasteiger partial charge in [-0.3, -0.25) is 9.59 Å². The lowest BCUT2D eigenvalue weighted by Crippen LogP contribution is -2.55. The van der Waals surface area contributed by atoms with Gasteiger partial charge in [0.2, 0.25) is 11.8 Å². The number of amides is 2. The van der Waals surface area contributed by atoms with Gasteiger partial charge < -0.3 is 14.7 Å². The van der Waals surface area contributed by atoms with Crippen molar-refractivity contribution in [3.8, 4) is 0 Å². The standard InChI is InChI=1S/C18H31N3O2/c1-4-5-7-16(22)20-11-6-9-18(14-20)10-8-17(23)21(15-18)13-12-19(2)3/h4-5H,6-15H2,1-3H3/b5-4+/t18-/m1/s1. The molecule has 2 aliphatic heterocycles. The van der Waals surface area contributed by atoms with Crippen LogP contribution in [0.5, 0.6) is 0 Å². The second-order valence-corrected chi connectivity index (χ2v) is 7.31. The summed E-state index contributed by atoms with van der Waals surface area (Å²) in [5, 5.41) is 0. The predicted octanol–water partition coefficient (Wildman–Crippen LogP) is 1.75. The molecule has 2 fully saturated rings. The van der Waals surface area contributed by atoms with Gasteiger partial charge in [0.15, 0.2) is 0 Å². The summed E-state index contributed by atoms with van der Waals surface area (Å²) in [5.41, 5.74) is 0.115. The summed E-state index contributed by atoms with van der Waals surface area (Å²) in [7, 11) is 4.07. The first kappa shape index (κ1) is 18.0. The van der Waals surface area contributed by atoms with Gasteiger partial charge in [-0.1, -0.05) is 12.2 Å². The van der Waals surface area contributed by atoms with E-state index in [2.05, 4.69) is 4.90 Å². The third-order valence-corrected chi connectivity index (χ3v) is 5.11. The van der Waals surface area contributed by atoms with Crippen molar-refractivity contribution in [2.75, 3.05) is 46.8 Å². The summed E-state index contributed by atoms with van der Waals surface area (Å²) in [4.78, 5) is 30.7. The lowest BCUT2D eigenvalue weighted by molar-refractivity contribution is -0.142. The van der Waals surface area contributed by atoms with Crippen molar-refractivity contribution >= 4 is 11.8 Å². The second-order valence-electron chi connectivity index (χ2n) is 7.31. The van der Waals surface area contributed by atoms with Crippen LogP contribution in [0.25, 0.3) is 0 Å². The first-order chi connectivity index (χ1) is 11.0. The molecule has 2 amide bonds. The van der Waals surface area contributed by atoms with Crippen molar-refractivity contribution in [1.82, 2.24) is 14.7 Å². The van der Waals surface area contributed by atoms with Crippen LogP contribution >= 0.6 is 0 Å². The van der Waals surface area contributed by atoms with E-state index in [-0.39, 0.29) is 17.2 Å². The molecule has 0 aromatic carbocycles. The summed E-state index contributed by atoms with van der Waals surface area (Å²) in [6, 6.07) is 0. The minimum Gasteiger partial charge on any atom is -0.342 e. The van der Waals surface area contributed by atoms with Gasteiger partial charge in [-0.25, -0.2) is 0 Å². The van der Waals surface area contributed by atoms with E-state index in [0.29, 0.717) is 12.8 Å². The molecule has 0 saturated carbocycles. The van der Waals surface area contributed by atoms with Crippen LogP contribution < -0.4 is 0 Å².